The lowest BCUT2D eigenvalue weighted by atomic mass is 10.1. The molecule has 0 aliphatic carbocycles. The summed E-state index contributed by atoms with van der Waals surface area (Å²) in [5, 5.41) is 2.86. The number of carbonyl (C=O) groups is 2. The van der Waals surface area contributed by atoms with Gasteiger partial charge >= 0.3 is 6.03 Å². The van der Waals surface area contributed by atoms with Gasteiger partial charge in [0.05, 0.1) is 45.8 Å². The van der Waals surface area contributed by atoms with Gasteiger partial charge in [0.1, 0.15) is 11.5 Å². The lowest BCUT2D eigenvalue weighted by Gasteiger charge is -2.35. The molecule has 0 aromatic carbocycles. The molecule has 29 heavy (non-hydrogen) atoms. The van der Waals surface area contributed by atoms with Crippen LogP contribution in [0, 0.1) is 0 Å². The van der Waals surface area contributed by atoms with Crippen LogP contribution in [-0.2, 0) is 0 Å². The molecule has 2 aliphatic rings. The van der Waals surface area contributed by atoms with E-state index in [2.05, 4.69) is 41.3 Å². The number of rotatable bonds is 5. The Morgan fingerprint density at radius 3 is 2.76 bits per heavy atom. The molecule has 2 bridgehead atoms. The molecule has 2 amide bonds. The summed E-state index contributed by atoms with van der Waals surface area (Å²) in [6.07, 6.45) is 2.93. The highest BCUT2D eigenvalue weighted by molar-refractivity contribution is 6.05. The van der Waals surface area contributed by atoms with Gasteiger partial charge in [-0.25, -0.2) is 14.8 Å². The Morgan fingerprint density at radius 1 is 1.21 bits per heavy atom. The Kier molecular flexibility index (Phi) is 4.96. The zero-order valence-electron chi connectivity index (χ0n) is 17.1. The Morgan fingerprint density at radius 2 is 2.03 bits per heavy atom. The van der Waals surface area contributed by atoms with E-state index in [0.717, 1.165) is 31.7 Å². The first-order chi connectivity index (χ1) is 13.8. The van der Waals surface area contributed by atoms with Crippen LogP contribution in [-0.4, -0.2) is 73.1 Å². The average Bonchev–Trinajstić information content (AvgIpc) is 3.10. The standard InChI is InChI=1S/C21H26N6O2/c1-27(2,3)13-10-18(28)16-7-8-17-20(23-16)26(15-9-12-25(17)14-15)21(29)24-19-6-4-5-11-22-19/h4-8,11,15H,9-10,12-14H2,1-3H3/p+1/t15-/m0/s1. The molecule has 1 atom stereocenters. The highest BCUT2D eigenvalue weighted by Crippen LogP contribution is 2.39. The number of ketones is 1. The summed E-state index contributed by atoms with van der Waals surface area (Å²) >= 11 is 0. The molecule has 2 aromatic rings. The van der Waals surface area contributed by atoms with Crippen LogP contribution in [0.1, 0.15) is 23.3 Å². The lowest BCUT2D eigenvalue weighted by Crippen LogP contribution is -2.48. The molecule has 8 nitrogen and oxygen atoms in total. The lowest BCUT2D eigenvalue weighted by molar-refractivity contribution is -0.869. The van der Waals surface area contributed by atoms with Crippen LogP contribution in [0.4, 0.5) is 22.1 Å². The monoisotopic (exact) mass is 395 g/mol. The molecular formula is C21H27N6O2+. The van der Waals surface area contributed by atoms with Gasteiger partial charge in [0, 0.05) is 19.3 Å². The summed E-state index contributed by atoms with van der Waals surface area (Å²) in [7, 11) is 6.17. The van der Waals surface area contributed by atoms with Gasteiger partial charge in [0.2, 0.25) is 0 Å². The fourth-order valence-corrected chi connectivity index (χ4v) is 3.80. The minimum absolute atomic E-state index is 0.00106. The molecule has 1 saturated heterocycles. The molecule has 2 aliphatic heterocycles. The first-order valence-corrected chi connectivity index (χ1v) is 9.93. The highest BCUT2D eigenvalue weighted by atomic mass is 16.2. The van der Waals surface area contributed by atoms with Crippen molar-refractivity contribution >= 4 is 29.1 Å². The number of pyridine rings is 2. The molecule has 4 heterocycles. The predicted molar refractivity (Wildman–Crippen MR) is 112 cm³/mol. The van der Waals surface area contributed by atoms with E-state index in [9.17, 15) is 9.59 Å². The number of fused-ring (bicyclic) bond motifs is 4. The van der Waals surface area contributed by atoms with Crippen molar-refractivity contribution in [3.8, 4) is 0 Å². The Balaban J connectivity index is 1.62. The van der Waals surface area contributed by atoms with Crippen molar-refractivity contribution in [1.82, 2.24) is 9.97 Å². The van der Waals surface area contributed by atoms with Crippen molar-refractivity contribution in [2.24, 2.45) is 0 Å². The maximum atomic E-state index is 13.1. The van der Waals surface area contributed by atoms with E-state index in [4.69, 9.17) is 0 Å². The van der Waals surface area contributed by atoms with E-state index >= 15 is 0 Å². The second kappa shape index (κ2) is 7.44. The third-order valence-electron chi connectivity index (χ3n) is 5.37. The van der Waals surface area contributed by atoms with Gasteiger partial charge in [-0.1, -0.05) is 6.07 Å². The maximum absolute atomic E-state index is 13.1. The molecular weight excluding hydrogens is 368 g/mol. The third-order valence-corrected chi connectivity index (χ3v) is 5.37. The first-order valence-electron chi connectivity index (χ1n) is 9.93. The van der Waals surface area contributed by atoms with Crippen molar-refractivity contribution in [3.05, 3.63) is 42.2 Å². The summed E-state index contributed by atoms with van der Waals surface area (Å²) in [6.45, 7) is 2.39. The van der Waals surface area contributed by atoms with Crippen molar-refractivity contribution in [2.75, 3.05) is 55.9 Å². The van der Waals surface area contributed by atoms with Gasteiger partial charge < -0.3 is 9.38 Å². The summed E-state index contributed by atoms with van der Waals surface area (Å²) < 4.78 is 0.713. The first kappa shape index (κ1) is 19.3. The van der Waals surface area contributed by atoms with Crippen LogP contribution >= 0.6 is 0 Å². The minimum Gasteiger partial charge on any atom is -0.366 e. The fourth-order valence-electron chi connectivity index (χ4n) is 3.80. The van der Waals surface area contributed by atoms with Crippen LogP contribution in [0.2, 0.25) is 0 Å². The molecule has 8 heteroatoms. The van der Waals surface area contributed by atoms with E-state index in [-0.39, 0.29) is 17.9 Å². The van der Waals surface area contributed by atoms with Gasteiger partial charge in [0.25, 0.3) is 0 Å². The van der Waals surface area contributed by atoms with E-state index in [1.807, 2.05) is 12.1 Å². The number of hydrogen-bond acceptors (Lipinski definition) is 5. The van der Waals surface area contributed by atoms with Crippen LogP contribution in [0.15, 0.2) is 36.5 Å². The van der Waals surface area contributed by atoms with Crippen molar-refractivity contribution in [2.45, 2.75) is 18.9 Å². The summed E-state index contributed by atoms with van der Waals surface area (Å²) in [4.78, 5) is 38.5. The van der Waals surface area contributed by atoms with Crippen LogP contribution in [0.5, 0.6) is 0 Å². The van der Waals surface area contributed by atoms with Crippen molar-refractivity contribution < 1.29 is 14.1 Å². The number of aromatic nitrogens is 2. The number of urea groups is 1. The number of amides is 2. The Labute approximate surface area is 170 Å². The van der Waals surface area contributed by atoms with E-state index in [1.165, 1.54) is 0 Å². The van der Waals surface area contributed by atoms with E-state index in [1.54, 1.807) is 29.3 Å². The predicted octanol–water partition coefficient (Wildman–Crippen LogP) is 2.39. The highest BCUT2D eigenvalue weighted by Gasteiger charge is 2.40. The van der Waals surface area contributed by atoms with Crippen LogP contribution < -0.4 is 15.1 Å². The Hall–Kier alpha value is -3.00. The van der Waals surface area contributed by atoms with Crippen molar-refractivity contribution in [3.63, 3.8) is 0 Å². The number of nitrogens with one attached hydrogen (secondary N) is 1. The molecule has 4 rings (SSSR count). The number of hydrogen-bond donors (Lipinski definition) is 1. The molecule has 1 N–H and O–H groups in total. The fraction of sp³-hybridized carbons (Fsp3) is 0.429. The molecule has 1 fully saturated rings. The molecule has 2 aromatic heterocycles. The quantitative estimate of drug-likeness (QED) is 0.621. The Bertz CT molecular complexity index is 925. The second-order valence-electron chi connectivity index (χ2n) is 8.63. The third kappa shape index (κ3) is 4.07. The second-order valence-corrected chi connectivity index (χ2v) is 8.63. The van der Waals surface area contributed by atoms with Crippen molar-refractivity contribution in [1.29, 1.82) is 0 Å². The average molecular weight is 395 g/mol. The van der Waals surface area contributed by atoms with Crippen LogP contribution in [0.25, 0.3) is 0 Å². The van der Waals surface area contributed by atoms with Gasteiger partial charge in [-0.05, 0) is 30.7 Å². The number of quaternary nitrogens is 1. The SMILES string of the molecule is C[N+](C)(C)CCC(=O)c1ccc2c(n1)N(C(=O)Nc1ccccn1)[C@H]1CCN2C1. The molecule has 0 unspecified atom stereocenters. The molecule has 152 valence electrons. The number of nitrogens with zero attached hydrogens (tertiary/aromatic N) is 5. The van der Waals surface area contributed by atoms with Gasteiger partial charge in [-0.2, -0.15) is 0 Å². The normalized spacial score (nSPS) is 17.8. The van der Waals surface area contributed by atoms with Gasteiger partial charge in [-0.3, -0.25) is 15.0 Å². The van der Waals surface area contributed by atoms with Gasteiger partial charge in [-0.15, -0.1) is 0 Å². The topological polar surface area (TPSA) is 78.4 Å². The smallest absolute Gasteiger partial charge is 0.329 e. The zero-order chi connectivity index (χ0) is 20.6. The van der Waals surface area contributed by atoms with E-state index in [0.29, 0.717) is 28.2 Å². The molecule has 0 spiro atoms. The largest absolute Gasteiger partial charge is 0.366 e. The zero-order valence-corrected chi connectivity index (χ0v) is 17.1. The number of Topliss-reactive ketones (excluding diaryl/α,β-unsaturated/α-hetero) is 1. The van der Waals surface area contributed by atoms with Crippen LogP contribution in [0.3, 0.4) is 0 Å². The minimum atomic E-state index is -0.264. The van der Waals surface area contributed by atoms with E-state index < -0.39 is 0 Å². The number of carbonyl (C=O) groups excluding carboxylic acids is 2. The summed E-state index contributed by atoms with van der Waals surface area (Å²) in [5.74, 6) is 1.05. The summed E-state index contributed by atoms with van der Waals surface area (Å²) in [5.41, 5.74) is 1.31. The maximum Gasteiger partial charge on any atom is 0.329 e. The molecule has 0 radical (unpaired) electrons. The van der Waals surface area contributed by atoms with Gasteiger partial charge in [0.15, 0.2) is 11.6 Å². The molecule has 0 saturated carbocycles. The number of anilines is 3. The summed E-state index contributed by atoms with van der Waals surface area (Å²) in [6, 6.07) is 8.86.